The van der Waals surface area contributed by atoms with Gasteiger partial charge in [-0.3, -0.25) is 0 Å². The lowest BCUT2D eigenvalue weighted by atomic mass is 9.89. The van der Waals surface area contributed by atoms with Gasteiger partial charge in [-0.25, -0.2) is 0 Å². The van der Waals surface area contributed by atoms with E-state index in [9.17, 15) is 0 Å². The summed E-state index contributed by atoms with van der Waals surface area (Å²) in [5, 5.41) is 0. The van der Waals surface area contributed by atoms with Gasteiger partial charge in [0.25, 0.3) is 0 Å². The van der Waals surface area contributed by atoms with Crippen molar-refractivity contribution in [2.45, 2.75) is 51.4 Å². The quantitative estimate of drug-likeness (QED) is 0.338. The minimum Gasteiger partial charge on any atom is -0.120 e. The van der Waals surface area contributed by atoms with Gasteiger partial charge in [-0.2, -0.15) is 0 Å². The average molecular weight is 176 g/mol. The fourth-order valence-electron chi connectivity index (χ4n) is 1.96. The summed E-state index contributed by atoms with van der Waals surface area (Å²) in [4.78, 5) is 0. The van der Waals surface area contributed by atoms with E-state index in [2.05, 4.69) is 18.1 Å². The topological polar surface area (TPSA) is 0 Å². The van der Waals surface area contributed by atoms with Gasteiger partial charge < -0.3 is 0 Å². The minimum absolute atomic E-state index is 0.963. The average Bonchev–Trinajstić information content (AvgIpc) is 2.19. The molecule has 0 spiro atoms. The molecule has 0 aromatic rings. The monoisotopic (exact) mass is 176 g/mol. The van der Waals surface area contributed by atoms with Crippen molar-refractivity contribution in [1.82, 2.24) is 0 Å². The molecule has 0 heterocycles. The van der Waals surface area contributed by atoms with Crippen molar-refractivity contribution in [1.29, 1.82) is 0 Å². The third-order valence-electron chi connectivity index (χ3n) is 2.81. The van der Waals surface area contributed by atoms with Crippen molar-refractivity contribution in [3.63, 3.8) is 0 Å². The predicted molar refractivity (Wildman–Crippen MR) is 58.4 cm³/mol. The van der Waals surface area contributed by atoms with Crippen molar-refractivity contribution >= 4 is 0 Å². The number of unbranched alkanes of at least 4 members (excludes halogenated alkanes) is 3. The lowest BCUT2D eigenvalue weighted by Crippen LogP contribution is -2.01. The van der Waals surface area contributed by atoms with Crippen molar-refractivity contribution in [2.75, 3.05) is 0 Å². The maximum Gasteiger partial charge on any atom is 0.00860 e. The molecule has 1 unspecified atom stereocenters. The molecule has 0 heteroatoms. The van der Waals surface area contributed by atoms with E-state index in [4.69, 9.17) is 6.42 Å². The van der Waals surface area contributed by atoms with Gasteiger partial charge in [0.05, 0.1) is 0 Å². The van der Waals surface area contributed by atoms with Crippen molar-refractivity contribution in [3.8, 4) is 12.3 Å². The molecular weight excluding hydrogens is 156 g/mol. The van der Waals surface area contributed by atoms with Crippen LogP contribution < -0.4 is 0 Å². The van der Waals surface area contributed by atoms with Crippen molar-refractivity contribution < 1.29 is 0 Å². The van der Waals surface area contributed by atoms with Crippen LogP contribution >= 0.6 is 0 Å². The van der Waals surface area contributed by atoms with Crippen molar-refractivity contribution in [3.05, 3.63) is 12.2 Å². The predicted octanol–water partition coefficient (Wildman–Crippen LogP) is 3.93. The number of hydrogen-bond donors (Lipinski definition) is 0. The highest BCUT2D eigenvalue weighted by Crippen LogP contribution is 2.23. The van der Waals surface area contributed by atoms with Crippen LogP contribution in [-0.4, -0.2) is 0 Å². The minimum atomic E-state index is 0.963. The van der Waals surface area contributed by atoms with Gasteiger partial charge >= 0.3 is 0 Å². The van der Waals surface area contributed by atoms with E-state index >= 15 is 0 Å². The van der Waals surface area contributed by atoms with Gasteiger partial charge in [0.2, 0.25) is 0 Å². The Hall–Kier alpha value is -0.700. The second kappa shape index (κ2) is 6.78. The summed E-state index contributed by atoms with van der Waals surface area (Å²) in [6, 6.07) is 0. The van der Waals surface area contributed by atoms with Crippen LogP contribution in [0.4, 0.5) is 0 Å². The first-order valence-electron chi connectivity index (χ1n) is 5.52. The number of terminal acetylenes is 1. The molecule has 1 aliphatic carbocycles. The van der Waals surface area contributed by atoms with Gasteiger partial charge in [-0.1, -0.05) is 31.4 Å². The highest BCUT2D eigenvalue weighted by molar-refractivity contribution is 4.89. The molecule has 0 aromatic heterocycles. The maximum atomic E-state index is 5.19. The van der Waals surface area contributed by atoms with E-state index in [0.29, 0.717) is 0 Å². The SMILES string of the molecule is C#CCCCCCC1CC=CCC1. The molecule has 0 saturated heterocycles. The van der Waals surface area contributed by atoms with Crippen LogP contribution in [0.3, 0.4) is 0 Å². The van der Waals surface area contributed by atoms with Crippen LogP contribution in [-0.2, 0) is 0 Å². The molecule has 0 bridgehead atoms. The summed E-state index contributed by atoms with van der Waals surface area (Å²) in [5.41, 5.74) is 0. The Morgan fingerprint density at radius 3 is 2.85 bits per heavy atom. The molecule has 1 rings (SSSR count). The van der Waals surface area contributed by atoms with Crippen molar-refractivity contribution in [2.24, 2.45) is 5.92 Å². The zero-order chi connectivity index (χ0) is 9.36. The standard InChI is InChI=1S/C13H20/c1-2-3-4-5-7-10-13-11-8-6-9-12-13/h1,6,8,13H,3-5,7,9-12H2. The third-order valence-corrected chi connectivity index (χ3v) is 2.81. The van der Waals surface area contributed by atoms with E-state index < -0.39 is 0 Å². The lowest BCUT2D eigenvalue weighted by molar-refractivity contribution is 0.422. The third kappa shape index (κ3) is 4.78. The largest absolute Gasteiger partial charge is 0.120 e. The van der Waals surface area contributed by atoms with Crippen LogP contribution in [0, 0.1) is 18.3 Å². The summed E-state index contributed by atoms with van der Waals surface area (Å²) >= 11 is 0. The Labute approximate surface area is 82.4 Å². The number of allylic oxidation sites excluding steroid dienone is 2. The van der Waals surface area contributed by atoms with Crippen LogP contribution in [0.5, 0.6) is 0 Å². The van der Waals surface area contributed by atoms with Crippen LogP contribution in [0.15, 0.2) is 12.2 Å². The van der Waals surface area contributed by atoms with E-state index in [1.807, 2.05) is 0 Å². The second-order valence-corrected chi connectivity index (χ2v) is 3.95. The molecule has 0 aromatic carbocycles. The summed E-state index contributed by atoms with van der Waals surface area (Å²) < 4.78 is 0. The summed E-state index contributed by atoms with van der Waals surface area (Å²) in [6.45, 7) is 0. The van der Waals surface area contributed by atoms with Gasteiger partial charge in [-0.05, 0) is 31.6 Å². The molecule has 0 saturated carbocycles. The molecular formula is C13H20. The smallest absolute Gasteiger partial charge is 0.00860 e. The Balaban J connectivity index is 1.93. The zero-order valence-corrected chi connectivity index (χ0v) is 8.47. The van der Waals surface area contributed by atoms with Gasteiger partial charge in [0.15, 0.2) is 0 Å². The van der Waals surface area contributed by atoms with Crippen LogP contribution in [0.25, 0.3) is 0 Å². The highest BCUT2D eigenvalue weighted by atomic mass is 14.1. The summed E-state index contributed by atoms with van der Waals surface area (Å²) in [6.07, 6.45) is 20.2. The van der Waals surface area contributed by atoms with E-state index in [0.717, 1.165) is 12.3 Å². The molecule has 1 aliphatic rings. The molecule has 0 N–H and O–H groups in total. The molecule has 0 fully saturated rings. The molecule has 1 atom stereocenters. The first kappa shape index (κ1) is 10.4. The fraction of sp³-hybridized carbons (Fsp3) is 0.692. The van der Waals surface area contributed by atoms with Gasteiger partial charge in [0, 0.05) is 6.42 Å². The highest BCUT2D eigenvalue weighted by Gasteiger charge is 2.08. The maximum absolute atomic E-state index is 5.19. The molecule has 72 valence electrons. The van der Waals surface area contributed by atoms with Crippen LogP contribution in [0.2, 0.25) is 0 Å². The molecule has 0 radical (unpaired) electrons. The first-order valence-corrected chi connectivity index (χ1v) is 5.52. The first-order chi connectivity index (χ1) is 6.43. The zero-order valence-electron chi connectivity index (χ0n) is 8.47. The Bertz CT molecular complexity index is 183. The van der Waals surface area contributed by atoms with Gasteiger partial charge in [-0.15, -0.1) is 12.3 Å². The number of rotatable bonds is 5. The van der Waals surface area contributed by atoms with E-state index in [1.165, 1.54) is 44.9 Å². The summed E-state index contributed by atoms with van der Waals surface area (Å²) in [7, 11) is 0. The van der Waals surface area contributed by atoms with E-state index in [-0.39, 0.29) is 0 Å². The lowest BCUT2D eigenvalue weighted by Gasteiger charge is -2.16. The number of hydrogen-bond acceptors (Lipinski definition) is 0. The molecule has 13 heavy (non-hydrogen) atoms. The van der Waals surface area contributed by atoms with Crippen LogP contribution in [0.1, 0.15) is 51.4 Å². The van der Waals surface area contributed by atoms with Gasteiger partial charge in [0.1, 0.15) is 0 Å². The Morgan fingerprint density at radius 1 is 1.23 bits per heavy atom. The normalized spacial score (nSPS) is 21.3. The molecule has 0 aliphatic heterocycles. The molecule has 0 nitrogen and oxygen atoms in total. The Morgan fingerprint density at radius 2 is 2.15 bits per heavy atom. The van der Waals surface area contributed by atoms with E-state index in [1.54, 1.807) is 0 Å². The Kier molecular flexibility index (Phi) is 5.41. The fourth-order valence-corrected chi connectivity index (χ4v) is 1.96. The second-order valence-electron chi connectivity index (χ2n) is 3.95. The summed E-state index contributed by atoms with van der Waals surface area (Å²) in [5.74, 6) is 3.66. The molecule has 0 amide bonds.